The summed E-state index contributed by atoms with van der Waals surface area (Å²) in [5, 5.41) is 9.75. The van der Waals surface area contributed by atoms with Crippen LogP contribution in [0.5, 0.6) is 0 Å². The van der Waals surface area contributed by atoms with Crippen molar-refractivity contribution >= 4 is 39.9 Å². The molecule has 7 heteroatoms. The number of anilines is 2. The van der Waals surface area contributed by atoms with Gasteiger partial charge in [-0.15, -0.1) is 11.3 Å². The number of benzene rings is 2. The molecule has 2 aromatic heterocycles. The van der Waals surface area contributed by atoms with Crippen molar-refractivity contribution in [3.63, 3.8) is 0 Å². The molecule has 0 spiro atoms. The number of carbonyl (C=O) groups excluding carboxylic acids is 1. The molecule has 1 fully saturated rings. The first-order valence-electron chi connectivity index (χ1n) is 12.6. The molecule has 2 aromatic carbocycles. The van der Waals surface area contributed by atoms with Crippen molar-refractivity contribution in [3.8, 4) is 10.4 Å². The second-order valence-corrected chi connectivity index (χ2v) is 10.8. The number of rotatable bonds is 7. The zero-order chi connectivity index (χ0) is 25.1. The minimum atomic E-state index is 0.0191. The smallest absolute Gasteiger partial charge is 0.252 e. The number of nitrogens with zero attached hydrogens (tertiary/aromatic N) is 3. The van der Waals surface area contributed by atoms with Crippen molar-refractivity contribution in [3.05, 3.63) is 71.1 Å². The Labute approximate surface area is 216 Å². The molecule has 4 aromatic rings. The number of nitrogens with one attached hydrogen (secondary N) is 2. The van der Waals surface area contributed by atoms with E-state index in [-0.39, 0.29) is 5.91 Å². The van der Waals surface area contributed by atoms with Crippen LogP contribution in [-0.4, -0.2) is 42.6 Å². The normalized spacial score (nSPS) is 17.6. The summed E-state index contributed by atoms with van der Waals surface area (Å²) >= 11 is 1.62. The zero-order valence-electron chi connectivity index (χ0n) is 21.1. The molecule has 0 radical (unpaired) electrons. The van der Waals surface area contributed by atoms with E-state index in [4.69, 9.17) is 9.97 Å². The van der Waals surface area contributed by atoms with Gasteiger partial charge in [-0.25, -0.2) is 4.98 Å². The van der Waals surface area contributed by atoms with E-state index in [1.807, 2.05) is 48.6 Å². The maximum atomic E-state index is 12.7. The third-order valence-electron chi connectivity index (χ3n) is 6.94. The number of hydrogen-bond donors (Lipinski definition) is 2. The lowest BCUT2D eigenvalue weighted by atomic mass is 9.86. The van der Waals surface area contributed by atoms with E-state index >= 15 is 0 Å². The lowest BCUT2D eigenvalue weighted by Crippen LogP contribution is -2.34. The highest BCUT2D eigenvalue weighted by molar-refractivity contribution is 7.13. The zero-order valence-corrected chi connectivity index (χ0v) is 21.9. The van der Waals surface area contributed by atoms with Gasteiger partial charge in [0.2, 0.25) is 5.95 Å². The summed E-state index contributed by atoms with van der Waals surface area (Å²) in [7, 11) is 4.02. The molecule has 1 aliphatic carbocycles. The molecule has 1 amide bonds. The summed E-state index contributed by atoms with van der Waals surface area (Å²) in [4.78, 5) is 25.4. The van der Waals surface area contributed by atoms with E-state index < -0.39 is 0 Å². The predicted molar refractivity (Wildman–Crippen MR) is 150 cm³/mol. The van der Waals surface area contributed by atoms with Crippen molar-refractivity contribution in [1.82, 2.24) is 15.3 Å². The molecule has 2 heterocycles. The van der Waals surface area contributed by atoms with Crippen LogP contribution in [0, 0.1) is 12.8 Å². The van der Waals surface area contributed by atoms with Crippen molar-refractivity contribution in [1.29, 1.82) is 0 Å². The van der Waals surface area contributed by atoms with Gasteiger partial charge >= 0.3 is 0 Å². The number of para-hydroxylation sites is 1. The molecule has 0 bridgehead atoms. The SMILES string of the molecule is Cc1ccc(-c2cc(C(=O)NCC3CCC(Nc4nc(N(C)C)c5ccccc5n4)CC3)cs2)cc1. The number of thiophene rings is 1. The summed E-state index contributed by atoms with van der Waals surface area (Å²) < 4.78 is 0. The monoisotopic (exact) mass is 499 g/mol. The van der Waals surface area contributed by atoms with Crippen molar-refractivity contribution in [2.75, 3.05) is 30.9 Å². The fourth-order valence-corrected chi connectivity index (χ4v) is 5.72. The molecule has 5 rings (SSSR count). The molecule has 1 saturated carbocycles. The predicted octanol–water partition coefficient (Wildman–Crippen LogP) is 6.13. The van der Waals surface area contributed by atoms with E-state index in [1.54, 1.807) is 11.3 Å². The topological polar surface area (TPSA) is 70.2 Å². The lowest BCUT2D eigenvalue weighted by Gasteiger charge is -2.29. The van der Waals surface area contributed by atoms with Gasteiger partial charge in [0.25, 0.3) is 5.91 Å². The second-order valence-electron chi connectivity index (χ2n) is 9.92. The van der Waals surface area contributed by atoms with Crippen LogP contribution in [0.4, 0.5) is 11.8 Å². The molecule has 6 nitrogen and oxygen atoms in total. The number of carbonyl (C=O) groups is 1. The second kappa shape index (κ2) is 10.7. The Bertz CT molecular complexity index is 1340. The van der Waals surface area contributed by atoms with Crippen LogP contribution in [0.25, 0.3) is 21.3 Å². The number of fused-ring (bicyclic) bond motifs is 1. The highest BCUT2D eigenvalue weighted by Crippen LogP contribution is 2.29. The summed E-state index contributed by atoms with van der Waals surface area (Å²) in [6.45, 7) is 2.80. The molecule has 0 aliphatic heterocycles. The average Bonchev–Trinajstić information content (AvgIpc) is 3.38. The Hall–Kier alpha value is -3.45. The van der Waals surface area contributed by atoms with Gasteiger partial charge in [-0.05, 0) is 62.3 Å². The molecule has 1 aliphatic rings. The van der Waals surface area contributed by atoms with E-state index in [0.717, 1.165) is 65.0 Å². The van der Waals surface area contributed by atoms with Crippen LogP contribution in [-0.2, 0) is 0 Å². The van der Waals surface area contributed by atoms with Gasteiger partial charge in [0.1, 0.15) is 5.82 Å². The summed E-state index contributed by atoms with van der Waals surface area (Å²) in [6, 6.07) is 18.9. The Morgan fingerprint density at radius 2 is 1.78 bits per heavy atom. The molecule has 0 atom stereocenters. The van der Waals surface area contributed by atoms with Crippen LogP contribution in [0.3, 0.4) is 0 Å². The molecular formula is C29H33N5OS. The minimum Gasteiger partial charge on any atom is -0.362 e. The van der Waals surface area contributed by atoms with Crippen LogP contribution in [0.1, 0.15) is 41.6 Å². The van der Waals surface area contributed by atoms with Crippen molar-refractivity contribution in [2.45, 2.75) is 38.6 Å². The number of aryl methyl sites for hydroxylation is 1. The third kappa shape index (κ3) is 5.51. The van der Waals surface area contributed by atoms with Crippen LogP contribution >= 0.6 is 11.3 Å². The maximum absolute atomic E-state index is 12.7. The first-order valence-corrected chi connectivity index (χ1v) is 13.5. The summed E-state index contributed by atoms with van der Waals surface area (Å²) in [5.41, 5.74) is 4.09. The van der Waals surface area contributed by atoms with Gasteiger partial charge < -0.3 is 15.5 Å². The fourth-order valence-electron chi connectivity index (χ4n) is 4.82. The number of hydrogen-bond acceptors (Lipinski definition) is 6. The van der Waals surface area contributed by atoms with Crippen molar-refractivity contribution in [2.24, 2.45) is 5.92 Å². The van der Waals surface area contributed by atoms with Crippen LogP contribution in [0.2, 0.25) is 0 Å². The third-order valence-corrected chi connectivity index (χ3v) is 7.91. The van der Waals surface area contributed by atoms with Gasteiger partial charge in [-0.2, -0.15) is 4.98 Å². The van der Waals surface area contributed by atoms with Gasteiger partial charge in [0, 0.05) is 42.3 Å². The van der Waals surface area contributed by atoms with Crippen molar-refractivity contribution < 1.29 is 4.79 Å². The number of aromatic nitrogens is 2. The lowest BCUT2D eigenvalue weighted by molar-refractivity contribution is 0.0943. The van der Waals surface area contributed by atoms with Crippen LogP contribution in [0.15, 0.2) is 60.0 Å². The Morgan fingerprint density at radius 3 is 2.53 bits per heavy atom. The highest BCUT2D eigenvalue weighted by atomic mass is 32.1. The minimum absolute atomic E-state index is 0.0191. The Kier molecular flexibility index (Phi) is 7.18. The van der Waals surface area contributed by atoms with E-state index in [2.05, 4.69) is 47.9 Å². The number of amides is 1. The van der Waals surface area contributed by atoms with Gasteiger partial charge in [-0.1, -0.05) is 42.0 Å². The van der Waals surface area contributed by atoms with Gasteiger partial charge in [-0.3, -0.25) is 4.79 Å². The first-order chi connectivity index (χ1) is 17.5. The summed E-state index contributed by atoms with van der Waals surface area (Å²) in [5.74, 6) is 2.14. The maximum Gasteiger partial charge on any atom is 0.252 e. The first kappa shape index (κ1) is 24.3. The van der Waals surface area contributed by atoms with Crippen LogP contribution < -0.4 is 15.5 Å². The largest absolute Gasteiger partial charge is 0.362 e. The molecule has 0 unspecified atom stereocenters. The van der Waals surface area contributed by atoms with E-state index in [9.17, 15) is 4.79 Å². The van der Waals surface area contributed by atoms with Gasteiger partial charge in [0.05, 0.1) is 11.1 Å². The Morgan fingerprint density at radius 1 is 1.03 bits per heavy atom. The molecule has 186 valence electrons. The molecular weight excluding hydrogens is 466 g/mol. The molecule has 0 saturated heterocycles. The van der Waals surface area contributed by atoms with E-state index in [1.165, 1.54) is 5.56 Å². The average molecular weight is 500 g/mol. The quantitative estimate of drug-likeness (QED) is 0.320. The van der Waals surface area contributed by atoms with E-state index in [0.29, 0.717) is 17.9 Å². The standard InChI is InChI=1S/C29H33N5OS/c1-19-8-12-21(13-9-19)26-16-22(18-36-26)28(35)30-17-20-10-14-23(15-11-20)31-29-32-25-7-5-4-6-24(25)27(33-29)34(2)3/h4-9,12-13,16,18,20,23H,10-11,14-15,17H2,1-3H3,(H,30,35)(H,31,32,33). The Balaban J connectivity index is 1.13. The molecule has 36 heavy (non-hydrogen) atoms. The fraction of sp³-hybridized carbons (Fsp3) is 0.345. The molecule has 2 N–H and O–H groups in total. The summed E-state index contributed by atoms with van der Waals surface area (Å²) in [6.07, 6.45) is 4.24. The van der Waals surface area contributed by atoms with Gasteiger partial charge in [0.15, 0.2) is 0 Å². The highest BCUT2D eigenvalue weighted by Gasteiger charge is 2.23.